The van der Waals surface area contributed by atoms with Gasteiger partial charge in [-0.2, -0.15) is 0 Å². The summed E-state index contributed by atoms with van der Waals surface area (Å²) in [6.07, 6.45) is 1.23. The van der Waals surface area contributed by atoms with Crippen molar-refractivity contribution < 1.29 is 19.4 Å². The van der Waals surface area contributed by atoms with E-state index in [4.69, 9.17) is 0 Å². The molecule has 3 heteroatoms. The van der Waals surface area contributed by atoms with Crippen LogP contribution in [0.5, 0.6) is 0 Å². The number of hydrogen-bond acceptors (Lipinski definition) is 1. The third-order valence-electron chi connectivity index (χ3n) is 5.01. The molecule has 0 saturated carbocycles. The van der Waals surface area contributed by atoms with Crippen LogP contribution in [0.3, 0.4) is 0 Å². The molecule has 18 heavy (non-hydrogen) atoms. The summed E-state index contributed by atoms with van der Waals surface area (Å²) in [5.41, 5.74) is 4.83. The quantitative estimate of drug-likeness (QED) is 0.749. The van der Waals surface area contributed by atoms with Crippen molar-refractivity contribution in [2.45, 2.75) is 72.1 Å². The van der Waals surface area contributed by atoms with Gasteiger partial charge in [0.05, 0.1) is 0 Å². The number of rotatable bonds is 5. The molecule has 0 spiro atoms. The fourth-order valence-electron chi connectivity index (χ4n) is 2.68. The Balaban J connectivity index is 3.02. The molecule has 2 unspecified atom stereocenters. The molecule has 0 aromatic rings. The molecule has 2 atom stereocenters. The van der Waals surface area contributed by atoms with Gasteiger partial charge in [-0.25, -0.2) is 0 Å². The van der Waals surface area contributed by atoms with Crippen LogP contribution in [0.1, 0.15) is 48.0 Å². The van der Waals surface area contributed by atoms with Crippen LogP contribution < -0.4 is 3.80 Å². The fourth-order valence-corrected chi connectivity index (χ4v) is 8.42. The minimum atomic E-state index is -0.727. The second-order valence-corrected chi connectivity index (χ2v) is 11.3. The van der Waals surface area contributed by atoms with E-state index in [1.807, 2.05) is 0 Å². The molecule has 0 aromatic heterocycles. The van der Waals surface area contributed by atoms with Gasteiger partial charge >= 0.3 is 125 Å². The van der Waals surface area contributed by atoms with Gasteiger partial charge in [-0.3, -0.25) is 0 Å². The van der Waals surface area contributed by atoms with Gasteiger partial charge in [-0.15, -0.1) is 0 Å². The van der Waals surface area contributed by atoms with Crippen molar-refractivity contribution in [1.29, 1.82) is 0 Å². The molecule has 1 N–H and O–H groups in total. The summed E-state index contributed by atoms with van der Waals surface area (Å²) < 4.78 is 5.61. The van der Waals surface area contributed by atoms with Crippen LogP contribution in [0.25, 0.3) is 0 Å². The van der Waals surface area contributed by atoms with Crippen LogP contribution >= 0.6 is 0 Å². The Morgan fingerprint density at radius 2 is 1.78 bits per heavy atom. The second kappa shape index (κ2) is 6.21. The van der Waals surface area contributed by atoms with Crippen molar-refractivity contribution in [1.82, 2.24) is 3.80 Å². The van der Waals surface area contributed by atoms with Crippen molar-refractivity contribution in [2.75, 3.05) is 0 Å². The van der Waals surface area contributed by atoms with Gasteiger partial charge in [0.2, 0.25) is 0 Å². The van der Waals surface area contributed by atoms with Gasteiger partial charge in [0.1, 0.15) is 0 Å². The normalized spacial score (nSPS) is 26.3. The SMILES string of the molecule is CCC(C)[NH][Ti][C]1=C(C)C(C)=C(C)C1(C)[SiH](C)C. The Bertz CT molecular complexity index is 384. The van der Waals surface area contributed by atoms with E-state index in [2.05, 4.69) is 58.4 Å². The Morgan fingerprint density at radius 3 is 2.22 bits per heavy atom. The number of hydrogen-bond donors (Lipinski definition) is 1. The molecule has 0 bridgehead atoms. The van der Waals surface area contributed by atoms with E-state index in [1.165, 1.54) is 6.42 Å². The summed E-state index contributed by atoms with van der Waals surface area (Å²) in [5, 5.41) is 0.439. The van der Waals surface area contributed by atoms with E-state index in [9.17, 15) is 0 Å². The molecule has 0 aliphatic heterocycles. The molecule has 0 aromatic carbocycles. The zero-order chi connectivity index (χ0) is 14.1. The molecule has 1 aliphatic rings. The first-order valence-corrected chi connectivity index (χ1v) is 11.6. The summed E-state index contributed by atoms with van der Waals surface area (Å²) in [7, 11) is -0.727. The van der Waals surface area contributed by atoms with Crippen LogP contribution in [0.15, 0.2) is 20.6 Å². The summed E-state index contributed by atoms with van der Waals surface area (Å²) in [6.45, 7) is 19.1. The number of allylic oxidation sites excluding steroid dienone is 4. The first-order chi connectivity index (χ1) is 8.26. The van der Waals surface area contributed by atoms with E-state index >= 15 is 0 Å². The van der Waals surface area contributed by atoms with Crippen molar-refractivity contribution in [3.63, 3.8) is 0 Å². The molecule has 0 heterocycles. The average Bonchev–Trinajstić information content (AvgIpc) is 2.50. The molecule has 0 saturated heterocycles. The Labute approximate surface area is 124 Å². The Morgan fingerprint density at radius 1 is 1.22 bits per heavy atom. The zero-order valence-corrected chi connectivity index (χ0v) is 16.1. The summed E-state index contributed by atoms with van der Waals surface area (Å²) in [6, 6.07) is 0.671. The van der Waals surface area contributed by atoms with E-state index in [1.54, 1.807) is 20.6 Å². The minimum absolute atomic E-state index is 0.169. The van der Waals surface area contributed by atoms with Gasteiger partial charge < -0.3 is 0 Å². The fraction of sp³-hybridized carbons (Fsp3) is 0.733. The van der Waals surface area contributed by atoms with Gasteiger partial charge in [-0.1, -0.05) is 0 Å². The Kier molecular flexibility index (Phi) is 5.67. The molecule has 102 valence electrons. The molecule has 0 radical (unpaired) electrons. The van der Waals surface area contributed by atoms with Crippen molar-refractivity contribution >= 4 is 8.80 Å². The van der Waals surface area contributed by atoms with Gasteiger partial charge in [0, 0.05) is 0 Å². The van der Waals surface area contributed by atoms with E-state index in [0.29, 0.717) is 11.1 Å². The zero-order valence-electron chi connectivity index (χ0n) is 13.4. The first kappa shape index (κ1) is 16.4. The van der Waals surface area contributed by atoms with Crippen LogP contribution in [0, 0.1) is 0 Å². The van der Waals surface area contributed by atoms with Crippen LogP contribution in [-0.2, 0) is 19.4 Å². The van der Waals surface area contributed by atoms with Gasteiger partial charge in [0.25, 0.3) is 0 Å². The molecule has 1 aliphatic carbocycles. The standard InChI is InChI=1S/C11H19Si.C4H10N.Ti/c1-8-7-11(4,12(5)6)10(3)9(8)2;1-3-4(2)5;/h12H,1-6H3;4-5H,3H2,1-2H3;/q;-1;+1. The Hall–Kier alpha value is 0.371. The van der Waals surface area contributed by atoms with Crippen molar-refractivity contribution in [3.05, 3.63) is 20.6 Å². The third kappa shape index (κ3) is 2.77. The van der Waals surface area contributed by atoms with Crippen molar-refractivity contribution in [2.24, 2.45) is 0 Å². The van der Waals surface area contributed by atoms with E-state index in [-0.39, 0.29) is 19.4 Å². The maximum absolute atomic E-state index is 3.82. The van der Waals surface area contributed by atoms with Crippen LogP contribution in [-0.4, -0.2) is 14.8 Å². The summed E-state index contributed by atoms with van der Waals surface area (Å²) in [5.74, 6) is 0. The predicted molar refractivity (Wildman–Crippen MR) is 81.2 cm³/mol. The van der Waals surface area contributed by atoms with Gasteiger partial charge in [0.15, 0.2) is 0 Å². The van der Waals surface area contributed by atoms with Crippen LogP contribution in [0.4, 0.5) is 0 Å². The average molecular weight is 299 g/mol. The monoisotopic (exact) mass is 299 g/mol. The van der Waals surface area contributed by atoms with Crippen molar-refractivity contribution in [3.8, 4) is 0 Å². The molecule has 1 nitrogen and oxygen atoms in total. The molecule has 0 fully saturated rings. The third-order valence-corrected chi connectivity index (χ3v) is 11.3. The summed E-state index contributed by atoms with van der Waals surface area (Å²) >= 11 is -0.169. The second-order valence-electron chi connectivity index (χ2n) is 6.19. The van der Waals surface area contributed by atoms with E-state index < -0.39 is 8.80 Å². The first-order valence-electron chi connectivity index (χ1n) is 7.17. The number of nitrogens with one attached hydrogen (secondary N) is 1. The maximum atomic E-state index is 3.82. The predicted octanol–water partition coefficient (Wildman–Crippen LogP) is 4.24. The molecule has 1 rings (SSSR count). The molecular formula is C15H29NSiTi. The molecular weight excluding hydrogens is 270 g/mol. The topological polar surface area (TPSA) is 12.0 Å². The van der Waals surface area contributed by atoms with Gasteiger partial charge in [-0.05, 0) is 0 Å². The molecule has 0 amide bonds. The van der Waals surface area contributed by atoms with Crippen LogP contribution in [0.2, 0.25) is 18.1 Å². The summed E-state index contributed by atoms with van der Waals surface area (Å²) in [4.78, 5) is 0. The van der Waals surface area contributed by atoms with E-state index in [0.717, 1.165) is 0 Å².